The summed E-state index contributed by atoms with van der Waals surface area (Å²) >= 11 is 0. The molecule has 0 saturated carbocycles. The van der Waals surface area contributed by atoms with Gasteiger partial charge in [0.2, 0.25) is 0 Å². The first kappa shape index (κ1) is 16.8. The summed E-state index contributed by atoms with van der Waals surface area (Å²) in [4.78, 5) is 0. The van der Waals surface area contributed by atoms with Crippen molar-refractivity contribution in [3.63, 3.8) is 0 Å². The average molecular weight is 327 g/mol. The second-order valence-corrected chi connectivity index (χ2v) is 6.59. The van der Waals surface area contributed by atoms with Crippen molar-refractivity contribution in [2.45, 2.75) is 31.1 Å². The Labute approximate surface area is 142 Å². The maximum absolute atomic E-state index is 10.4. The lowest BCUT2D eigenvalue weighted by atomic mass is 9.65. The Hall–Kier alpha value is -2.04. The molecule has 0 radical (unpaired) electrons. The first-order chi connectivity index (χ1) is 11.7. The zero-order valence-electron chi connectivity index (χ0n) is 13.7. The van der Waals surface area contributed by atoms with Gasteiger partial charge in [0.05, 0.1) is 0 Å². The normalized spacial score (nSPS) is 23.0. The summed E-state index contributed by atoms with van der Waals surface area (Å²) in [7, 11) is 0. The molecule has 2 aromatic rings. The zero-order chi connectivity index (χ0) is 17.1. The number of hydrogen-bond acceptors (Lipinski definition) is 4. The molecule has 3 atom stereocenters. The summed E-state index contributed by atoms with van der Waals surface area (Å²) < 4.78 is 0. The van der Waals surface area contributed by atoms with Gasteiger partial charge >= 0.3 is 0 Å². The molecule has 1 aliphatic carbocycles. The van der Waals surface area contributed by atoms with Crippen LogP contribution in [0.2, 0.25) is 0 Å². The Morgan fingerprint density at radius 1 is 1.04 bits per heavy atom. The van der Waals surface area contributed by atoms with Gasteiger partial charge in [-0.15, -0.1) is 0 Å². The molecule has 24 heavy (non-hydrogen) atoms. The van der Waals surface area contributed by atoms with Crippen molar-refractivity contribution in [1.29, 1.82) is 0 Å². The van der Waals surface area contributed by atoms with Crippen LogP contribution < -0.4 is 5.73 Å². The highest BCUT2D eigenvalue weighted by molar-refractivity contribution is 5.53. The molecule has 0 bridgehead atoms. The average Bonchev–Trinajstić information content (AvgIpc) is 2.62. The highest BCUT2D eigenvalue weighted by atomic mass is 16.3. The van der Waals surface area contributed by atoms with Crippen molar-refractivity contribution < 1.29 is 15.3 Å². The van der Waals surface area contributed by atoms with E-state index in [4.69, 9.17) is 5.73 Å². The van der Waals surface area contributed by atoms with Crippen LogP contribution in [0.4, 0.5) is 0 Å². The summed E-state index contributed by atoms with van der Waals surface area (Å²) in [6, 6.07) is 13.7. The van der Waals surface area contributed by atoms with Crippen LogP contribution in [0.15, 0.2) is 42.5 Å². The Morgan fingerprint density at radius 3 is 2.46 bits per heavy atom. The second kappa shape index (κ2) is 7.24. The van der Waals surface area contributed by atoms with Gasteiger partial charge in [0.25, 0.3) is 0 Å². The third kappa shape index (κ3) is 2.99. The molecule has 4 heteroatoms. The highest BCUT2D eigenvalue weighted by Gasteiger charge is 2.38. The van der Waals surface area contributed by atoms with Gasteiger partial charge in [0, 0.05) is 12.2 Å². The monoisotopic (exact) mass is 327 g/mol. The predicted molar refractivity (Wildman–Crippen MR) is 94.3 cm³/mol. The highest BCUT2D eigenvalue weighted by Crippen LogP contribution is 2.50. The van der Waals surface area contributed by atoms with Crippen LogP contribution in [0.25, 0.3) is 0 Å². The van der Waals surface area contributed by atoms with E-state index in [0.29, 0.717) is 18.9 Å². The van der Waals surface area contributed by atoms with Crippen LogP contribution in [-0.2, 0) is 6.42 Å². The summed E-state index contributed by atoms with van der Waals surface area (Å²) in [5.41, 5.74) is 9.15. The fourth-order valence-corrected chi connectivity index (χ4v) is 4.18. The number of nitrogens with two attached hydrogens (primary N) is 1. The van der Waals surface area contributed by atoms with Crippen molar-refractivity contribution >= 4 is 0 Å². The Balaban J connectivity index is 2.08. The minimum Gasteiger partial charge on any atom is -0.504 e. The van der Waals surface area contributed by atoms with Gasteiger partial charge in [-0.3, -0.25) is 0 Å². The summed E-state index contributed by atoms with van der Waals surface area (Å²) in [6.45, 7) is 0.652. The van der Waals surface area contributed by atoms with Gasteiger partial charge < -0.3 is 21.1 Å². The van der Waals surface area contributed by atoms with Gasteiger partial charge in [0.15, 0.2) is 11.5 Å². The molecule has 0 amide bonds. The summed E-state index contributed by atoms with van der Waals surface area (Å²) in [5, 5.41) is 29.5. The van der Waals surface area contributed by atoms with E-state index in [1.165, 1.54) is 5.56 Å². The predicted octanol–water partition coefficient (Wildman–Crippen LogP) is 2.87. The van der Waals surface area contributed by atoms with Crippen molar-refractivity contribution in [2.24, 2.45) is 11.7 Å². The number of phenolic OH excluding ortho intramolecular Hbond substituents is 2. The van der Waals surface area contributed by atoms with Crippen LogP contribution in [0.1, 0.15) is 41.4 Å². The molecule has 3 rings (SSSR count). The third-order valence-electron chi connectivity index (χ3n) is 5.33. The van der Waals surface area contributed by atoms with E-state index in [1.54, 1.807) is 6.07 Å². The van der Waals surface area contributed by atoms with Crippen molar-refractivity contribution in [2.75, 3.05) is 13.2 Å². The number of benzene rings is 2. The molecule has 128 valence electrons. The lowest BCUT2D eigenvalue weighted by molar-refractivity contribution is 0.239. The molecular weight excluding hydrogens is 302 g/mol. The smallest absolute Gasteiger partial charge is 0.160 e. The lowest BCUT2D eigenvalue weighted by Crippen LogP contribution is -2.33. The fraction of sp³-hybridized carbons (Fsp3) is 0.400. The molecule has 0 aromatic heterocycles. The molecule has 0 aliphatic heterocycles. The lowest BCUT2D eigenvalue weighted by Gasteiger charge is -2.40. The van der Waals surface area contributed by atoms with Crippen LogP contribution in [0.5, 0.6) is 11.5 Å². The molecule has 0 heterocycles. The fourth-order valence-electron chi connectivity index (χ4n) is 4.18. The molecule has 3 unspecified atom stereocenters. The second-order valence-electron chi connectivity index (χ2n) is 6.59. The molecule has 0 fully saturated rings. The SMILES string of the molecule is NCC1c2ccc(O)c(O)c2CC(c2ccccc2)C1CCCO. The van der Waals surface area contributed by atoms with Gasteiger partial charge in [-0.2, -0.15) is 0 Å². The number of phenols is 2. The van der Waals surface area contributed by atoms with Crippen molar-refractivity contribution in [3.8, 4) is 11.5 Å². The topological polar surface area (TPSA) is 86.7 Å². The molecule has 5 N–H and O–H groups in total. The number of fused-ring (bicyclic) bond motifs is 1. The number of aromatic hydroxyl groups is 2. The van der Waals surface area contributed by atoms with Crippen molar-refractivity contribution in [1.82, 2.24) is 0 Å². The largest absolute Gasteiger partial charge is 0.504 e. The first-order valence-electron chi connectivity index (χ1n) is 8.57. The van der Waals surface area contributed by atoms with E-state index in [-0.39, 0.29) is 29.9 Å². The molecule has 1 aliphatic rings. The number of hydrogen-bond donors (Lipinski definition) is 4. The third-order valence-corrected chi connectivity index (χ3v) is 5.33. The van der Waals surface area contributed by atoms with E-state index >= 15 is 0 Å². The minimum atomic E-state index is -0.0786. The van der Waals surface area contributed by atoms with E-state index in [9.17, 15) is 15.3 Å². The number of aliphatic hydroxyl groups is 1. The van der Waals surface area contributed by atoms with Crippen LogP contribution >= 0.6 is 0 Å². The van der Waals surface area contributed by atoms with E-state index in [0.717, 1.165) is 24.0 Å². The van der Waals surface area contributed by atoms with Gasteiger partial charge in [0.1, 0.15) is 0 Å². The first-order valence-corrected chi connectivity index (χ1v) is 8.57. The minimum absolute atomic E-state index is 0.0208. The zero-order valence-corrected chi connectivity index (χ0v) is 13.7. The van der Waals surface area contributed by atoms with Crippen LogP contribution in [-0.4, -0.2) is 28.5 Å². The Kier molecular flexibility index (Phi) is 5.07. The van der Waals surface area contributed by atoms with Gasteiger partial charge in [-0.05, 0) is 60.8 Å². The molecule has 0 spiro atoms. The summed E-state index contributed by atoms with van der Waals surface area (Å²) in [6.07, 6.45) is 2.30. The maximum atomic E-state index is 10.4. The standard InChI is InChI=1S/C20H25NO3/c21-12-18-14(7-4-10-22)16(13-5-2-1-3-6-13)11-17-15(18)8-9-19(23)20(17)24/h1-3,5-6,8-9,14,16,18,22-24H,4,7,10-12,21H2. The van der Waals surface area contributed by atoms with Gasteiger partial charge in [-0.1, -0.05) is 36.4 Å². The Morgan fingerprint density at radius 2 is 1.79 bits per heavy atom. The number of rotatable bonds is 5. The number of aliphatic hydroxyl groups excluding tert-OH is 1. The molecule has 0 saturated heterocycles. The Bertz CT molecular complexity index is 687. The molecule has 4 nitrogen and oxygen atoms in total. The maximum Gasteiger partial charge on any atom is 0.160 e. The molecule has 2 aromatic carbocycles. The van der Waals surface area contributed by atoms with E-state index in [2.05, 4.69) is 12.1 Å². The van der Waals surface area contributed by atoms with E-state index < -0.39 is 0 Å². The van der Waals surface area contributed by atoms with Gasteiger partial charge in [-0.25, -0.2) is 0 Å². The summed E-state index contributed by atoms with van der Waals surface area (Å²) in [5.74, 6) is 0.530. The van der Waals surface area contributed by atoms with Crippen LogP contribution in [0.3, 0.4) is 0 Å². The van der Waals surface area contributed by atoms with Crippen molar-refractivity contribution in [3.05, 3.63) is 59.2 Å². The molecular formula is C20H25NO3. The van der Waals surface area contributed by atoms with E-state index in [1.807, 2.05) is 24.3 Å². The van der Waals surface area contributed by atoms with Crippen LogP contribution in [0, 0.1) is 5.92 Å². The quantitative estimate of drug-likeness (QED) is 0.636.